The highest BCUT2D eigenvalue weighted by Gasteiger charge is 2.30. The highest BCUT2D eigenvalue weighted by Crippen LogP contribution is 2.37. The number of carbonyl (C=O) groups is 1. The molecule has 0 radical (unpaired) electrons. The van der Waals surface area contributed by atoms with Crippen molar-refractivity contribution in [1.29, 1.82) is 0 Å². The molecule has 0 bridgehead atoms. The molecule has 0 spiro atoms. The fourth-order valence-corrected chi connectivity index (χ4v) is 8.66. The fraction of sp³-hybridized carbons (Fsp3) is 0.730. The molecule has 2 aliphatic rings. The van der Waals surface area contributed by atoms with Gasteiger partial charge in [0, 0.05) is 37.8 Å². The van der Waals surface area contributed by atoms with Gasteiger partial charge >= 0.3 is 0 Å². The van der Waals surface area contributed by atoms with Crippen molar-refractivity contribution in [3.8, 4) is 0 Å². The minimum atomic E-state index is -3.50. The standard InChI is InChI=1S/C37H60N2O3S/c1-26(2)18-34(37(40)39(23-27(3)4)24-28(5)6)14-13-33(20-32-16-17-38-22-32)25-43(41,42)35-15-12-29(7)36(21-35)30(8)19-31-10-9-11-31/h12,15,17,21-22,26-28,30-31,33-34H,9-11,13-14,16,18-20,23-25H2,1-8H3/t30?,33?,34-/m0/s1. The van der Waals surface area contributed by atoms with Crippen LogP contribution < -0.4 is 0 Å². The van der Waals surface area contributed by atoms with Crippen molar-refractivity contribution >= 4 is 22.0 Å². The quantitative estimate of drug-likeness (QED) is 0.166. The fourth-order valence-electron chi connectivity index (χ4n) is 6.98. The first-order valence-corrected chi connectivity index (χ1v) is 18.7. The molecule has 1 saturated carbocycles. The van der Waals surface area contributed by atoms with Crippen molar-refractivity contribution in [2.45, 2.75) is 124 Å². The van der Waals surface area contributed by atoms with Crippen LogP contribution >= 0.6 is 0 Å². The number of aryl methyl sites for hydroxylation is 1. The lowest BCUT2D eigenvalue weighted by atomic mass is 9.77. The molecule has 3 rings (SSSR count). The predicted octanol–water partition coefficient (Wildman–Crippen LogP) is 9.01. The van der Waals surface area contributed by atoms with Crippen LogP contribution in [0.1, 0.15) is 123 Å². The number of hydrogen-bond acceptors (Lipinski definition) is 4. The van der Waals surface area contributed by atoms with Crippen molar-refractivity contribution < 1.29 is 13.2 Å². The van der Waals surface area contributed by atoms with Crippen molar-refractivity contribution in [3.05, 3.63) is 41.1 Å². The maximum Gasteiger partial charge on any atom is 0.225 e. The molecule has 6 heteroatoms. The Morgan fingerprint density at radius 1 is 0.977 bits per heavy atom. The SMILES string of the molecule is Cc1ccc(S(=O)(=O)CC(CC[C@@H](CC(C)C)C(=O)N(CC(C)C)CC(C)C)CC2=CN=CC2)cc1C(C)CC1CCC1. The van der Waals surface area contributed by atoms with Crippen molar-refractivity contribution in [3.63, 3.8) is 0 Å². The van der Waals surface area contributed by atoms with E-state index in [-0.39, 0.29) is 23.5 Å². The van der Waals surface area contributed by atoms with Gasteiger partial charge in [0.2, 0.25) is 5.91 Å². The molecule has 0 aromatic heterocycles. The van der Waals surface area contributed by atoms with Crippen LogP contribution in [-0.2, 0) is 14.6 Å². The summed E-state index contributed by atoms with van der Waals surface area (Å²) in [5.74, 6) is 2.55. The van der Waals surface area contributed by atoms with Gasteiger partial charge in [0.05, 0.1) is 10.6 Å². The summed E-state index contributed by atoms with van der Waals surface area (Å²) in [6.07, 6.45) is 12.6. The van der Waals surface area contributed by atoms with Crippen LogP contribution in [0.25, 0.3) is 0 Å². The lowest BCUT2D eigenvalue weighted by Gasteiger charge is -2.31. The predicted molar refractivity (Wildman–Crippen MR) is 181 cm³/mol. The first kappa shape index (κ1) is 35.5. The van der Waals surface area contributed by atoms with E-state index in [0.29, 0.717) is 41.4 Å². The van der Waals surface area contributed by atoms with Gasteiger partial charge in [0.1, 0.15) is 0 Å². The number of amides is 1. The third kappa shape index (κ3) is 11.2. The van der Waals surface area contributed by atoms with Crippen LogP contribution in [0.3, 0.4) is 0 Å². The summed E-state index contributed by atoms with van der Waals surface area (Å²) in [7, 11) is -3.50. The summed E-state index contributed by atoms with van der Waals surface area (Å²) in [5.41, 5.74) is 3.54. The van der Waals surface area contributed by atoms with E-state index >= 15 is 0 Å². The molecule has 5 nitrogen and oxygen atoms in total. The number of benzene rings is 1. The van der Waals surface area contributed by atoms with E-state index < -0.39 is 9.84 Å². The molecule has 1 amide bonds. The number of carbonyl (C=O) groups excluding carboxylic acids is 1. The molecule has 1 fully saturated rings. The van der Waals surface area contributed by atoms with Gasteiger partial charge in [-0.05, 0) is 103 Å². The van der Waals surface area contributed by atoms with Crippen LogP contribution in [0, 0.1) is 42.4 Å². The summed E-state index contributed by atoms with van der Waals surface area (Å²) < 4.78 is 27.9. The van der Waals surface area contributed by atoms with Crippen LogP contribution in [0.4, 0.5) is 0 Å². The summed E-state index contributed by atoms with van der Waals surface area (Å²) in [6.45, 7) is 18.9. The van der Waals surface area contributed by atoms with Gasteiger partial charge in [-0.2, -0.15) is 0 Å². The molecule has 3 atom stereocenters. The summed E-state index contributed by atoms with van der Waals surface area (Å²) in [4.78, 5) is 20.7. The number of allylic oxidation sites excluding steroid dienone is 1. The summed E-state index contributed by atoms with van der Waals surface area (Å²) >= 11 is 0. The zero-order chi connectivity index (χ0) is 31.7. The maximum absolute atomic E-state index is 14.0. The summed E-state index contributed by atoms with van der Waals surface area (Å²) in [5, 5.41) is 0. The molecule has 242 valence electrons. The minimum absolute atomic E-state index is 0.0544. The van der Waals surface area contributed by atoms with Gasteiger partial charge in [-0.1, -0.05) is 73.8 Å². The molecule has 0 N–H and O–H groups in total. The third-order valence-corrected chi connectivity index (χ3v) is 11.2. The Kier molecular flexibility index (Phi) is 13.5. The van der Waals surface area contributed by atoms with Gasteiger partial charge in [0.15, 0.2) is 9.84 Å². The van der Waals surface area contributed by atoms with E-state index in [1.54, 1.807) is 6.07 Å². The van der Waals surface area contributed by atoms with E-state index in [0.717, 1.165) is 44.7 Å². The van der Waals surface area contributed by atoms with Gasteiger partial charge in [-0.15, -0.1) is 0 Å². The van der Waals surface area contributed by atoms with Crippen LogP contribution in [0.2, 0.25) is 0 Å². The number of hydrogen-bond donors (Lipinski definition) is 0. The van der Waals surface area contributed by atoms with E-state index in [9.17, 15) is 13.2 Å². The lowest BCUT2D eigenvalue weighted by Crippen LogP contribution is -2.41. The second-order valence-electron chi connectivity index (χ2n) is 15.1. The Morgan fingerprint density at radius 2 is 1.65 bits per heavy atom. The van der Waals surface area contributed by atoms with Gasteiger partial charge in [0.25, 0.3) is 0 Å². The topological polar surface area (TPSA) is 66.8 Å². The van der Waals surface area contributed by atoms with Crippen molar-refractivity contribution in [1.82, 2.24) is 4.90 Å². The van der Waals surface area contributed by atoms with E-state index in [1.807, 2.05) is 24.5 Å². The molecule has 1 heterocycles. The zero-order valence-electron chi connectivity index (χ0n) is 28.4. The van der Waals surface area contributed by atoms with Gasteiger partial charge in [-0.3, -0.25) is 9.79 Å². The minimum Gasteiger partial charge on any atom is -0.342 e. The van der Waals surface area contributed by atoms with Crippen LogP contribution in [-0.4, -0.2) is 44.3 Å². The van der Waals surface area contributed by atoms with Gasteiger partial charge < -0.3 is 4.90 Å². The van der Waals surface area contributed by atoms with Crippen LogP contribution in [0.5, 0.6) is 0 Å². The Balaban J connectivity index is 1.80. The average molecular weight is 613 g/mol. The summed E-state index contributed by atoms with van der Waals surface area (Å²) in [6, 6.07) is 5.76. The number of aliphatic imine (C=N–C) groups is 1. The normalized spacial score (nSPS) is 17.8. The van der Waals surface area contributed by atoms with E-state index in [2.05, 4.69) is 65.3 Å². The monoisotopic (exact) mass is 612 g/mol. The maximum atomic E-state index is 14.0. The smallest absolute Gasteiger partial charge is 0.225 e. The number of rotatable bonds is 18. The zero-order valence-corrected chi connectivity index (χ0v) is 29.3. The average Bonchev–Trinajstić information content (AvgIpc) is 3.40. The molecule has 1 aliphatic heterocycles. The molecule has 2 unspecified atom stereocenters. The highest BCUT2D eigenvalue weighted by molar-refractivity contribution is 7.91. The van der Waals surface area contributed by atoms with Crippen molar-refractivity contribution in [2.24, 2.45) is 40.5 Å². The molecule has 0 saturated heterocycles. The van der Waals surface area contributed by atoms with Crippen molar-refractivity contribution in [2.75, 3.05) is 18.8 Å². The van der Waals surface area contributed by atoms with Crippen LogP contribution in [0.15, 0.2) is 39.9 Å². The van der Waals surface area contributed by atoms with E-state index in [4.69, 9.17) is 0 Å². The molecule has 43 heavy (non-hydrogen) atoms. The lowest BCUT2D eigenvalue weighted by molar-refractivity contribution is -0.137. The Hall–Kier alpha value is -1.95. The third-order valence-electron chi connectivity index (χ3n) is 9.29. The first-order valence-electron chi connectivity index (χ1n) is 17.1. The van der Waals surface area contributed by atoms with E-state index in [1.165, 1.54) is 36.0 Å². The van der Waals surface area contributed by atoms with Gasteiger partial charge in [-0.25, -0.2) is 8.42 Å². The second-order valence-corrected chi connectivity index (χ2v) is 17.1. The largest absolute Gasteiger partial charge is 0.342 e. The highest BCUT2D eigenvalue weighted by atomic mass is 32.2. The molecule has 1 aromatic rings. The Bertz CT molecular complexity index is 1200. The Labute approximate surface area is 263 Å². The number of nitrogens with zero attached hydrogens (tertiary/aromatic N) is 2. The first-order chi connectivity index (χ1) is 20.2. The molecular weight excluding hydrogens is 552 g/mol. The number of sulfone groups is 1. The molecule has 1 aromatic carbocycles. The second kappa shape index (κ2) is 16.4. The molecular formula is C37H60N2O3S. The molecule has 1 aliphatic carbocycles. The Morgan fingerprint density at radius 3 is 2.19 bits per heavy atom.